The van der Waals surface area contributed by atoms with E-state index >= 15 is 0 Å². The topological polar surface area (TPSA) is 79.7 Å². The number of carbonyl (C=O) groups excluding carboxylic acids is 2. The number of amides is 1. The maximum atomic E-state index is 12.8. The molecule has 1 amide bonds. The van der Waals surface area contributed by atoms with Gasteiger partial charge in [-0.3, -0.25) is 9.69 Å². The molecule has 8 heteroatoms. The predicted octanol–water partition coefficient (Wildman–Crippen LogP) is 2.87. The Morgan fingerprint density at radius 3 is 2.52 bits per heavy atom. The maximum Gasteiger partial charge on any atom is 0.337 e. The molecule has 1 aliphatic heterocycles. The zero-order valence-corrected chi connectivity index (χ0v) is 19.0. The molecule has 1 aliphatic rings. The zero-order chi connectivity index (χ0) is 23.2. The van der Waals surface area contributed by atoms with Gasteiger partial charge in [0.05, 0.1) is 32.0 Å². The van der Waals surface area contributed by atoms with E-state index in [2.05, 4.69) is 27.1 Å². The van der Waals surface area contributed by atoms with Crippen LogP contribution >= 0.6 is 0 Å². The molecule has 33 heavy (non-hydrogen) atoms. The standard InChI is InChI=1S/C25H29N5O3/c1-19-16-29(22-10-8-21(9-11-22)25(32)33-2)15-14-28(19)18-24(31)27-23-12-13-26-30(23)17-20-6-4-3-5-7-20/h3-13,19H,14-18H2,1-2H3,(H,27,31). The third-order valence-electron chi connectivity index (χ3n) is 5.92. The number of ether oxygens (including phenoxy) is 1. The molecule has 0 saturated carbocycles. The van der Waals surface area contributed by atoms with Crippen molar-refractivity contribution in [2.45, 2.75) is 19.5 Å². The van der Waals surface area contributed by atoms with Crippen molar-refractivity contribution in [2.75, 3.05) is 43.5 Å². The molecule has 1 fully saturated rings. The van der Waals surface area contributed by atoms with Crippen LogP contribution in [0.25, 0.3) is 0 Å². The van der Waals surface area contributed by atoms with Crippen LogP contribution in [0.2, 0.25) is 0 Å². The number of nitrogens with one attached hydrogen (secondary N) is 1. The molecule has 0 spiro atoms. The van der Waals surface area contributed by atoms with Gasteiger partial charge in [-0.05, 0) is 36.8 Å². The minimum absolute atomic E-state index is 0.0486. The van der Waals surface area contributed by atoms with Gasteiger partial charge in [0, 0.05) is 37.4 Å². The molecular formula is C25H29N5O3. The van der Waals surface area contributed by atoms with E-state index in [9.17, 15) is 9.59 Å². The molecule has 2 heterocycles. The Morgan fingerprint density at radius 2 is 1.82 bits per heavy atom. The predicted molar refractivity (Wildman–Crippen MR) is 127 cm³/mol. The lowest BCUT2D eigenvalue weighted by molar-refractivity contribution is -0.117. The molecule has 1 atom stereocenters. The number of hydrogen-bond donors (Lipinski definition) is 1. The number of anilines is 2. The minimum atomic E-state index is -0.337. The van der Waals surface area contributed by atoms with Gasteiger partial charge in [-0.15, -0.1) is 0 Å². The summed E-state index contributed by atoms with van der Waals surface area (Å²) >= 11 is 0. The van der Waals surface area contributed by atoms with E-state index < -0.39 is 0 Å². The summed E-state index contributed by atoms with van der Waals surface area (Å²) < 4.78 is 6.56. The quantitative estimate of drug-likeness (QED) is 0.561. The summed E-state index contributed by atoms with van der Waals surface area (Å²) in [7, 11) is 1.38. The van der Waals surface area contributed by atoms with Crippen LogP contribution in [0.4, 0.5) is 11.5 Å². The van der Waals surface area contributed by atoms with Crippen LogP contribution in [0.3, 0.4) is 0 Å². The van der Waals surface area contributed by atoms with E-state index in [1.807, 2.05) is 48.5 Å². The highest BCUT2D eigenvalue weighted by Crippen LogP contribution is 2.20. The number of rotatable bonds is 7. The summed E-state index contributed by atoms with van der Waals surface area (Å²) in [5, 5.41) is 7.35. The van der Waals surface area contributed by atoms with Crippen molar-refractivity contribution in [3.8, 4) is 0 Å². The third kappa shape index (κ3) is 5.59. The molecule has 0 bridgehead atoms. The number of methoxy groups -OCH3 is 1. The number of piperazine rings is 1. The second-order valence-electron chi connectivity index (χ2n) is 8.21. The Kier molecular flexibility index (Phi) is 7.04. The monoisotopic (exact) mass is 447 g/mol. The molecule has 1 saturated heterocycles. The van der Waals surface area contributed by atoms with E-state index in [0.717, 1.165) is 30.9 Å². The van der Waals surface area contributed by atoms with Gasteiger partial charge < -0.3 is 15.0 Å². The van der Waals surface area contributed by atoms with Crippen LogP contribution in [0.5, 0.6) is 0 Å². The summed E-state index contributed by atoms with van der Waals surface area (Å²) in [5.41, 5.74) is 2.72. The number of hydrogen-bond acceptors (Lipinski definition) is 6. The molecule has 1 unspecified atom stereocenters. The molecule has 3 aromatic rings. The first-order valence-corrected chi connectivity index (χ1v) is 11.1. The van der Waals surface area contributed by atoms with Crippen LogP contribution in [0.15, 0.2) is 66.9 Å². The lowest BCUT2D eigenvalue weighted by Gasteiger charge is -2.40. The molecule has 4 rings (SSSR count). The second kappa shape index (κ2) is 10.3. The summed E-state index contributed by atoms with van der Waals surface area (Å²) in [6.45, 7) is 5.44. The zero-order valence-electron chi connectivity index (χ0n) is 19.0. The first-order chi connectivity index (χ1) is 16.0. The van der Waals surface area contributed by atoms with E-state index in [1.54, 1.807) is 23.0 Å². The van der Waals surface area contributed by atoms with Crippen molar-refractivity contribution in [3.63, 3.8) is 0 Å². The SMILES string of the molecule is COC(=O)c1ccc(N2CCN(CC(=O)Nc3ccnn3Cc3ccccc3)C(C)C2)cc1. The van der Waals surface area contributed by atoms with Gasteiger partial charge in [0.15, 0.2) is 0 Å². The number of nitrogens with zero attached hydrogens (tertiary/aromatic N) is 4. The van der Waals surface area contributed by atoms with Crippen molar-refractivity contribution in [3.05, 3.63) is 78.0 Å². The molecule has 8 nitrogen and oxygen atoms in total. The summed E-state index contributed by atoms with van der Waals surface area (Å²) in [5.74, 6) is 0.309. The van der Waals surface area contributed by atoms with Crippen LogP contribution in [0, 0.1) is 0 Å². The van der Waals surface area contributed by atoms with E-state index in [1.165, 1.54) is 7.11 Å². The average Bonchev–Trinajstić information content (AvgIpc) is 3.26. The van der Waals surface area contributed by atoms with Gasteiger partial charge >= 0.3 is 5.97 Å². The van der Waals surface area contributed by atoms with Crippen molar-refractivity contribution in [2.24, 2.45) is 0 Å². The minimum Gasteiger partial charge on any atom is -0.465 e. The normalized spacial score (nSPS) is 16.4. The molecule has 0 aliphatic carbocycles. The Morgan fingerprint density at radius 1 is 1.06 bits per heavy atom. The number of esters is 1. The highest BCUT2D eigenvalue weighted by Gasteiger charge is 2.26. The Bertz CT molecular complexity index is 1080. The smallest absolute Gasteiger partial charge is 0.337 e. The first-order valence-electron chi connectivity index (χ1n) is 11.1. The number of benzene rings is 2. The van der Waals surface area contributed by atoms with Gasteiger partial charge in [0.25, 0.3) is 0 Å². The van der Waals surface area contributed by atoms with Crippen LogP contribution < -0.4 is 10.2 Å². The Hall–Kier alpha value is -3.65. The largest absolute Gasteiger partial charge is 0.465 e. The lowest BCUT2D eigenvalue weighted by atomic mass is 10.1. The van der Waals surface area contributed by atoms with Crippen molar-refractivity contribution < 1.29 is 14.3 Å². The van der Waals surface area contributed by atoms with Crippen molar-refractivity contribution in [1.29, 1.82) is 0 Å². The highest BCUT2D eigenvalue weighted by atomic mass is 16.5. The molecule has 1 N–H and O–H groups in total. The molecule has 172 valence electrons. The number of aromatic nitrogens is 2. The highest BCUT2D eigenvalue weighted by molar-refractivity contribution is 5.91. The maximum absolute atomic E-state index is 12.8. The fourth-order valence-electron chi connectivity index (χ4n) is 4.08. The van der Waals surface area contributed by atoms with Gasteiger partial charge in [-0.2, -0.15) is 5.10 Å². The molecule has 0 radical (unpaired) electrons. The van der Waals surface area contributed by atoms with E-state index in [4.69, 9.17) is 4.74 Å². The second-order valence-corrected chi connectivity index (χ2v) is 8.21. The summed E-state index contributed by atoms with van der Waals surface area (Å²) in [6, 6.07) is 19.5. The Labute approximate surface area is 193 Å². The molecule has 2 aromatic carbocycles. The Balaban J connectivity index is 1.31. The number of carbonyl (C=O) groups is 2. The van der Waals surface area contributed by atoms with E-state index in [-0.39, 0.29) is 17.9 Å². The van der Waals surface area contributed by atoms with Crippen LogP contribution in [-0.2, 0) is 16.1 Å². The third-order valence-corrected chi connectivity index (χ3v) is 5.92. The van der Waals surface area contributed by atoms with Crippen molar-refractivity contribution in [1.82, 2.24) is 14.7 Å². The summed E-state index contributed by atoms with van der Waals surface area (Å²) in [6.07, 6.45) is 1.70. The van der Waals surface area contributed by atoms with Gasteiger partial charge in [-0.25, -0.2) is 9.48 Å². The van der Waals surface area contributed by atoms with Crippen LogP contribution in [0.1, 0.15) is 22.8 Å². The lowest BCUT2D eigenvalue weighted by Crippen LogP contribution is -2.53. The summed E-state index contributed by atoms with van der Waals surface area (Å²) in [4.78, 5) is 28.9. The first kappa shape index (κ1) is 22.5. The molecular weight excluding hydrogens is 418 g/mol. The van der Waals surface area contributed by atoms with E-state index in [0.29, 0.717) is 24.5 Å². The van der Waals surface area contributed by atoms with Crippen molar-refractivity contribution >= 4 is 23.4 Å². The molecule has 1 aromatic heterocycles. The van der Waals surface area contributed by atoms with Crippen LogP contribution in [-0.4, -0.2) is 65.9 Å². The fraction of sp³-hybridized carbons (Fsp3) is 0.320. The fourth-order valence-corrected chi connectivity index (χ4v) is 4.08. The van der Waals surface area contributed by atoms with Gasteiger partial charge in [-0.1, -0.05) is 30.3 Å². The average molecular weight is 448 g/mol. The van der Waals surface area contributed by atoms with Gasteiger partial charge in [0.2, 0.25) is 5.91 Å². The van der Waals surface area contributed by atoms with Gasteiger partial charge in [0.1, 0.15) is 5.82 Å².